The van der Waals surface area contributed by atoms with Gasteiger partial charge in [-0.05, 0) is 58.8 Å². The van der Waals surface area contributed by atoms with E-state index in [0.29, 0.717) is 11.1 Å². The lowest BCUT2D eigenvalue weighted by molar-refractivity contribution is -0.142. The van der Waals surface area contributed by atoms with Crippen LogP contribution in [0.4, 0.5) is 0 Å². The molecule has 2 N–H and O–H groups in total. The molecule has 14 heteroatoms. The molecule has 214 valence electrons. The van der Waals surface area contributed by atoms with Crippen LogP contribution in [-0.2, 0) is 24.0 Å². The summed E-state index contributed by atoms with van der Waals surface area (Å²) in [5.74, 6) is -6.69. The number of fused-ring (bicyclic) bond motifs is 4. The van der Waals surface area contributed by atoms with Crippen molar-refractivity contribution in [2.24, 2.45) is 17.8 Å². The van der Waals surface area contributed by atoms with Gasteiger partial charge in [-0.25, -0.2) is 0 Å². The summed E-state index contributed by atoms with van der Waals surface area (Å²) >= 11 is 20.8. The highest BCUT2D eigenvalue weighted by atomic mass is 79.9. The number of carbonyl (C=O) groups is 5. The molecular weight excluding hydrogens is 699 g/mol. The SMILES string of the molecule is COc1cc(C2C3=CCC4C(=O)N(CCCC(=O)O)C(=O)C4C3CC3(Cl)C(=O)N(CBr)C(=O)C23Cl)cc(Br)c1O. The van der Waals surface area contributed by atoms with Crippen molar-refractivity contribution >= 4 is 84.7 Å². The molecule has 6 atom stereocenters. The first-order chi connectivity index (χ1) is 18.8. The molecule has 4 aliphatic rings. The number of methoxy groups -OCH3 is 1. The van der Waals surface area contributed by atoms with Gasteiger partial charge in [0.2, 0.25) is 11.8 Å². The van der Waals surface area contributed by atoms with Gasteiger partial charge in [0, 0.05) is 18.9 Å². The van der Waals surface area contributed by atoms with E-state index in [0.717, 1.165) is 9.80 Å². The van der Waals surface area contributed by atoms with Crippen molar-refractivity contribution in [1.82, 2.24) is 9.80 Å². The van der Waals surface area contributed by atoms with Crippen LogP contribution < -0.4 is 4.74 Å². The molecule has 2 aliphatic heterocycles. The van der Waals surface area contributed by atoms with E-state index in [1.807, 2.05) is 0 Å². The van der Waals surface area contributed by atoms with E-state index in [1.54, 1.807) is 12.1 Å². The Morgan fingerprint density at radius 1 is 1.12 bits per heavy atom. The number of nitrogens with zero attached hydrogens (tertiary/aromatic N) is 2. The Morgan fingerprint density at radius 2 is 1.82 bits per heavy atom. The van der Waals surface area contributed by atoms with Gasteiger partial charge < -0.3 is 14.9 Å². The lowest BCUT2D eigenvalue weighted by Crippen LogP contribution is -2.60. The van der Waals surface area contributed by atoms with E-state index in [9.17, 15) is 29.1 Å². The second-order valence-corrected chi connectivity index (χ2v) is 13.0. The van der Waals surface area contributed by atoms with Crippen molar-refractivity contribution in [2.75, 3.05) is 19.1 Å². The molecule has 0 radical (unpaired) electrons. The van der Waals surface area contributed by atoms with Crippen molar-refractivity contribution < 1.29 is 38.9 Å². The number of allylic oxidation sites excluding steroid dienone is 2. The van der Waals surface area contributed by atoms with Crippen LogP contribution in [0.15, 0.2) is 28.3 Å². The largest absolute Gasteiger partial charge is 0.503 e. The first kappa shape index (κ1) is 29.3. The minimum absolute atomic E-state index is 0.0369. The number of carbonyl (C=O) groups excluding carboxylic acids is 4. The topological polar surface area (TPSA) is 142 Å². The Hall–Kier alpha value is -2.15. The van der Waals surface area contributed by atoms with Gasteiger partial charge in [-0.3, -0.25) is 33.8 Å². The standard InChI is InChI=1S/C26H24Br2Cl2N2O8/c1-40-16-8-11(7-15(28)20(16)35)19-12-4-5-13-18(22(37)31(21(13)36)6-2-3-17(33)34)14(12)9-25(29)23(38)32(10-27)24(39)26(19,25)30/h4,7-8,13-14,18-19,35H,2-3,5-6,9-10H2,1H3,(H,33,34). The summed E-state index contributed by atoms with van der Waals surface area (Å²) in [6.07, 6.45) is 1.74. The normalized spacial score (nSPS) is 33.1. The van der Waals surface area contributed by atoms with E-state index in [4.69, 9.17) is 33.0 Å². The number of carboxylic acids is 1. The van der Waals surface area contributed by atoms with Crippen LogP contribution in [0.25, 0.3) is 0 Å². The maximum absolute atomic E-state index is 13.8. The van der Waals surface area contributed by atoms with E-state index in [-0.39, 0.29) is 53.7 Å². The summed E-state index contributed by atoms with van der Waals surface area (Å²) in [7, 11) is 1.36. The Balaban J connectivity index is 1.66. The summed E-state index contributed by atoms with van der Waals surface area (Å²) in [5.41, 5.74) is 0.870. The number of aliphatic carboxylic acids is 1. The Bertz CT molecular complexity index is 1390. The average molecular weight is 723 g/mol. The third-order valence-corrected chi connectivity index (χ3v) is 11.0. The Kier molecular flexibility index (Phi) is 7.55. The second kappa shape index (κ2) is 10.3. The number of rotatable bonds is 7. The summed E-state index contributed by atoms with van der Waals surface area (Å²) < 4.78 is 5.58. The molecule has 40 heavy (non-hydrogen) atoms. The first-order valence-electron chi connectivity index (χ1n) is 12.5. The van der Waals surface area contributed by atoms with Crippen molar-refractivity contribution in [3.63, 3.8) is 0 Å². The number of likely N-dealkylation sites (tertiary alicyclic amines) is 2. The molecule has 2 heterocycles. The van der Waals surface area contributed by atoms with Crippen molar-refractivity contribution in [3.8, 4) is 11.5 Å². The number of amides is 4. The van der Waals surface area contributed by atoms with Gasteiger partial charge in [0.25, 0.3) is 11.8 Å². The number of aromatic hydroxyl groups is 1. The fourth-order valence-corrected chi connectivity index (χ4v) is 8.60. The fraction of sp³-hybridized carbons (Fsp3) is 0.500. The summed E-state index contributed by atoms with van der Waals surface area (Å²) in [5, 5.41) is 19.4. The number of carboxylic acid groups (broad SMARTS) is 1. The zero-order valence-electron chi connectivity index (χ0n) is 21.0. The van der Waals surface area contributed by atoms with E-state index < -0.39 is 63.0 Å². The number of phenolic OH excluding ortho intramolecular Hbond substituents is 1. The highest BCUT2D eigenvalue weighted by molar-refractivity contribution is 9.10. The maximum atomic E-state index is 13.8. The van der Waals surface area contributed by atoms with Gasteiger partial charge in [-0.15, -0.1) is 23.2 Å². The zero-order chi connectivity index (χ0) is 29.3. The predicted octanol–water partition coefficient (Wildman–Crippen LogP) is 3.74. The molecule has 1 saturated carbocycles. The molecule has 3 fully saturated rings. The number of hydrogen-bond acceptors (Lipinski definition) is 7. The Labute approximate surface area is 255 Å². The molecule has 0 aromatic heterocycles. The third kappa shape index (κ3) is 3.96. The molecule has 5 rings (SSSR count). The van der Waals surface area contributed by atoms with Gasteiger partial charge in [-0.2, -0.15) is 0 Å². The quantitative estimate of drug-likeness (QED) is 0.188. The number of hydrogen-bond donors (Lipinski definition) is 2. The number of alkyl halides is 3. The molecule has 2 aliphatic carbocycles. The molecule has 4 amide bonds. The number of ether oxygens (including phenoxy) is 1. The minimum Gasteiger partial charge on any atom is -0.503 e. The second-order valence-electron chi connectivity index (χ2n) is 10.4. The van der Waals surface area contributed by atoms with Crippen LogP contribution in [0.2, 0.25) is 0 Å². The molecule has 10 nitrogen and oxygen atoms in total. The van der Waals surface area contributed by atoms with Crippen LogP contribution in [0, 0.1) is 17.8 Å². The van der Waals surface area contributed by atoms with Crippen LogP contribution in [0.3, 0.4) is 0 Å². The zero-order valence-corrected chi connectivity index (χ0v) is 25.7. The minimum atomic E-state index is -1.98. The van der Waals surface area contributed by atoms with Gasteiger partial charge >= 0.3 is 5.97 Å². The lowest BCUT2D eigenvalue weighted by Gasteiger charge is -2.50. The lowest BCUT2D eigenvalue weighted by atomic mass is 9.56. The van der Waals surface area contributed by atoms with Crippen molar-refractivity contribution in [1.29, 1.82) is 0 Å². The molecular formula is C26H24Br2Cl2N2O8. The summed E-state index contributed by atoms with van der Waals surface area (Å²) in [6.45, 7) is -0.0369. The molecule has 1 aromatic carbocycles. The highest BCUT2D eigenvalue weighted by Crippen LogP contribution is 2.66. The molecule has 2 saturated heterocycles. The molecule has 1 aromatic rings. The number of halogens is 4. The molecule has 0 bridgehead atoms. The van der Waals surface area contributed by atoms with Gasteiger partial charge in [0.15, 0.2) is 21.2 Å². The Morgan fingerprint density at radius 3 is 2.45 bits per heavy atom. The molecule has 0 spiro atoms. The van der Waals surface area contributed by atoms with Gasteiger partial charge in [0.1, 0.15) is 0 Å². The molecule has 6 unspecified atom stereocenters. The van der Waals surface area contributed by atoms with E-state index >= 15 is 0 Å². The maximum Gasteiger partial charge on any atom is 0.303 e. The van der Waals surface area contributed by atoms with Crippen molar-refractivity contribution in [2.45, 2.75) is 41.3 Å². The van der Waals surface area contributed by atoms with Crippen LogP contribution in [-0.4, -0.2) is 78.5 Å². The van der Waals surface area contributed by atoms with E-state index in [2.05, 4.69) is 31.9 Å². The smallest absolute Gasteiger partial charge is 0.303 e. The predicted molar refractivity (Wildman–Crippen MR) is 149 cm³/mol. The fourth-order valence-electron chi connectivity index (χ4n) is 6.72. The van der Waals surface area contributed by atoms with Crippen molar-refractivity contribution in [3.05, 3.63) is 33.8 Å². The van der Waals surface area contributed by atoms with Gasteiger partial charge in [-0.1, -0.05) is 27.6 Å². The monoisotopic (exact) mass is 720 g/mol. The van der Waals surface area contributed by atoms with E-state index in [1.165, 1.54) is 13.2 Å². The number of phenols is 1. The third-order valence-electron chi connectivity index (χ3n) is 8.48. The highest BCUT2D eigenvalue weighted by Gasteiger charge is 2.76. The average Bonchev–Trinajstić information content (AvgIpc) is 3.23. The van der Waals surface area contributed by atoms with Crippen LogP contribution in [0.1, 0.15) is 37.2 Å². The van der Waals surface area contributed by atoms with Crippen LogP contribution >= 0.6 is 55.1 Å². The van der Waals surface area contributed by atoms with Crippen LogP contribution in [0.5, 0.6) is 11.5 Å². The van der Waals surface area contributed by atoms with Gasteiger partial charge in [0.05, 0.1) is 28.9 Å². The number of imide groups is 2. The number of benzene rings is 1. The summed E-state index contributed by atoms with van der Waals surface area (Å²) in [4.78, 5) is 63.5. The first-order valence-corrected chi connectivity index (χ1v) is 15.1. The summed E-state index contributed by atoms with van der Waals surface area (Å²) in [6, 6.07) is 3.07.